The van der Waals surface area contributed by atoms with Crippen LogP contribution in [0.5, 0.6) is 0 Å². The van der Waals surface area contributed by atoms with E-state index in [0.717, 1.165) is 12.1 Å². The number of benzene rings is 2. The molecular formula is C20H20F3NO4S. The largest absolute Gasteiger partial charge is 0.457 e. The molecule has 0 heterocycles. The first-order valence-corrected chi connectivity index (χ1v) is 9.60. The molecule has 0 unspecified atom stereocenters. The lowest BCUT2D eigenvalue weighted by atomic mass is 10.1. The van der Waals surface area contributed by atoms with Gasteiger partial charge in [-0.2, -0.15) is 13.2 Å². The van der Waals surface area contributed by atoms with Crippen molar-refractivity contribution < 1.29 is 32.2 Å². The molecule has 0 aliphatic heterocycles. The highest BCUT2D eigenvalue weighted by Crippen LogP contribution is 2.30. The number of hydrogen-bond donors (Lipinski definition) is 1. The minimum absolute atomic E-state index is 0.0988. The van der Waals surface area contributed by atoms with Crippen LogP contribution in [0.25, 0.3) is 0 Å². The van der Waals surface area contributed by atoms with Gasteiger partial charge in [-0.25, -0.2) is 4.79 Å². The maximum Gasteiger partial charge on any atom is 0.416 e. The SMILES string of the molecule is COCCNC(=O)CSc1ccccc1C(=O)OCc1cccc(C(F)(F)F)c1. The molecule has 0 saturated heterocycles. The molecule has 0 atom stereocenters. The molecule has 9 heteroatoms. The number of amides is 1. The van der Waals surface area contributed by atoms with Crippen molar-refractivity contribution in [3.63, 3.8) is 0 Å². The maximum absolute atomic E-state index is 12.8. The fourth-order valence-electron chi connectivity index (χ4n) is 2.31. The highest BCUT2D eigenvalue weighted by atomic mass is 32.2. The first-order chi connectivity index (χ1) is 13.8. The summed E-state index contributed by atoms with van der Waals surface area (Å²) >= 11 is 1.17. The zero-order chi connectivity index (χ0) is 21.3. The number of nitrogens with one attached hydrogen (secondary N) is 1. The van der Waals surface area contributed by atoms with E-state index in [1.165, 1.54) is 31.0 Å². The summed E-state index contributed by atoms with van der Waals surface area (Å²) in [5, 5.41) is 2.67. The Hall–Kier alpha value is -2.52. The van der Waals surface area contributed by atoms with Gasteiger partial charge in [0.25, 0.3) is 0 Å². The van der Waals surface area contributed by atoms with Gasteiger partial charge in [0.15, 0.2) is 0 Å². The van der Waals surface area contributed by atoms with Crippen LogP contribution in [0.1, 0.15) is 21.5 Å². The Bertz CT molecular complexity index is 842. The van der Waals surface area contributed by atoms with Crippen molar-refractivity contribution in [1.82, 2.24) is 5.32 Å². The quantitative estimate of drug-likeness (QED) is 0.373. The zero-order valence-electron chi connectivity index (χ0n) is 15.6. The molecule has 0 aliphatic rings. The topological polar surface area (TPSA) is 64.6 Å². The molecule has 0 aromatic heterocycles. The molecule has 2 aromatic carbocycles. The molecule has 0 aliphatic carbocycles. The third kappa shape index (κ3) is 7.43. The van der Waals surface area contributed by atoms with Crippen molar-refractivity contribution in [3.8, 4) is 0 Å². The van der Waals surface area contributed by atoms with E-state index in [1.807, 2.05) is 0 Å². The van der Waals surface area contributed by atoms with Crippen LogP contribution in [0.4, 0.5) is 13.2 Å². The number of ether oxygens (including phenoxy) is 2. The number of hydrogen-bond acceptors (Lipinski definition) is 5. The highest BCUT2D eigenvalue weighted by molar-refractivity contribution is 8.00. The normalized spacial score (nSPS) is 11.2. The summed E-state index contributed by atoms with van der Waals surface area (Å²) in [5.74, 6) is -0.786. The van der Waals surface area contributed by atoms with Crippen molar-refractivity contribution in [1.29, 1.82) is 0 Å². The molecule has 2 rings (SSSR count). The summed E-state index contributed by atoms with van der Waals surface area (Å²) < 4.78 is 48.4. The lowest BCUT2D eigenvalue weighted by molar-refractivity contribution is -0.137. The summed E-state index contributed by atoms with van der Waals surface area (Å²) in [4.78, 5) is 24.7. The number of esters is 1. The lowest BCUT2D eigenvalue weighted by Crippen LogP contribution is -2.28. The van der Waals surface area contributed by atoms with E-state index in [2.05, 4.69) is 5.32 Å². The van der Waals surface area contributed by atoms with Gasteiger partial charge in [-0.3, -0.25) is 4.79 Å². The van der Waals surface area contributed by atoms with Crippen LogP contribution in [-0.2, 0) is 27.1 Å². The average Bonchev–Trinajstić information content (AvgIpc) is 2.70. The Morgan fingerprint density at radius 2 is 1.86 bits per heavy atom. The summed E-state index contributed by atoms with van der Waals surface area (Å²) in [5.41, 5.74) is -0.327. The second kappa shape index (κ2) is 10.9. The molecule has 29 heavy (non-hydrogen) atoms. The number of methoxy groups -OCH3 is 1. The summed E-state index contributed by atoms with van der Waals surface area (Å²) in [6.45, 7) is 0.491. The lowest BCUT2D eigenvalue weighted by Gasteiger charge is -2.11. The van der Waals surface area contributed by atoms with Crippen molar-refractivity contribution in [2.24, 2.45) is 0 Å². The molecule has 1 N–H and O–H groups in total. The fraction of sp³-hybridized carbons (Fsp3) is 0.300. The van der Waals surface area contributed by atoms with E-state index in [1.54, 1.807) is 24.3 Å². The van der Waals surface area contributed by atoms with Crippen LogP contribution in [0, 0.1) is 0 Å². The van der Waals surface area contributed by atoms with Crippen molar-refractivity contribution in [3.05, 3.63) is 65.2 Å². The second-order valence-corrected chi connectivity index (χ2v) is 6.92. The average molecular weight is 427 g/mol. The van der Waals surface area contributed by atoms with E-state index >= 15 is 0 Å². The number of alkyl halides is 3. The minimum Gasteiger partial charge on any atom is -0.457 e. The molecule has 2 aromatic rings. The predicted molar refractivity (Wildman–Crippen MR) is 103 cm³/mol. The van der Waals surface area contributed by atoms with Crippen molar-refractivity contribution in [2.75, 3.05) is 26.0 Å². The van der Waals surface area contributed by atoms with E-state index in [0.29, 0.717) is 18.0 Å². The monoisotopic (exact) mass is 427 g/mol. The Morgan fingerprint density at radius 3 is 2.59 bits per heavy atom. The second-order valence-electron chi connectivity index (χ2n) is 5.90. The van der Waals surface area contributed by atoms with Gasteiger partial charge in [0.2, 0.25) is 5.91 Å². The van der Waals surface area contributed by atoms with Crippen LogP contribution < -0.4 is 5.32 Å². The molecule has 156 valence electrons. The number of thioether (sulfide) groups is 1. The van der Waals surface area contributed by atoms with E-state index < -0.39 is 17.7 Å². The molecule has 0 spiro atoms. The first kappa shape index (κ1) is 22.8. The van der Waals surface area contributed by atoms with Crippen LogP contribution in [-0.4, -0.2) is 37.9 Å². The molecule has 0 saturated carbocycles. The summed E-state index contributed by atoms with van der Waals surface area (Å²) in [6, 6.07) is 11.2. The number of rotatable bonds is 9. The third-order valence-corrected chi connectivity index (χ3v) is 4.79. The van der Waals surface area contributed by atoms with E-state index in [4.69, 9.17) is 9.47 Å². The van der Waals surface area contributed by atoms with Crippen LogP contribution in [0.15, 0.2) is 53.4 Å². The van der Waals surface area contributed by atoms with Gasteiger partial charge in [-0.1, -0.05) is 24.3 Å². The molecule has 0 bridgehead atoms. The van der Waals surface area contributed by atoms with Gasteiger partial charge in [-0.05, 0) is 29.8 Å². The molecule has 5 nitrogen and oxygen atoms in total. The Morgan fingerprint density at radius 1 is 1.10 bits per heavy atom. The van der Waals surface area contributed by atoms with Gasteiger partial charge in [0.1, 0.15) is 6.61 Å². The molecule has 0 fully saturated rings. The zero-order valence-corrected chi connectivity index (χ0v) is 16.4. The van der Waals surface area contributed by atoms with Gasteiger partial charge < -0.3 is 14.8 Å². The van der Waals surface area contributed by atoms with Crippen LogP contribution >= 0.6 is 11.8 Å². The van der Waals surface area contributed by atoms with Gasteiger partial charge in [0, 0.05) is 18.6 Å². The van der Waals surface area contributed by atoms with Gasteiger partial charge >= 0.3 is 12.1 Å². The predicted octanol–water partition coefficient (Wildman–Crippen LogP) is 3.92. The number of carbonyl (C=O) groups is 2. The summed E-state index contributed by atoms with van der Waals surface area (Å²) in [7, 11) is 1.53. The Labute approximate surface area is 170 Å². The Balaban J connectivity index is 1.97. The molecular weight excluding hydrogens is 407 g/mol. The van der Waals surface area contributed by atoms with Crippen LogP contribution in [0.2, 0.25) is 0 Å². The number of halogens is 3. The van der Waals surface area contributed by atoms with E-state index in [-0.39, 0.29) is 29.4 Å². The van der Waals surface area contributed by atoms with Crippen LogP contribution in [0.3, 0.4) is 0 Å². The smallest absolute Gasteiger partial charge is 0.416 e. The third-order valence-electron chi connectivity index (χ3n) is 3.72. The highest BCUT2D eigenvalue weighted by Gasteiger charge is 2.30. The van der Waals surface area contributed by atoms with Gasteiger partial charge in [0.05, 0.1) is 23.5 Å². The molecule has 0 radical (unpaired) electrons. The summed E-state index contributed by atoms with van der Waals surface area (Å²) in [6.07, 6.45) is -4.47. The minimum atomic E-state index is -4.47. The van der Waals surface area contributed by atoms with Crippen molar-refractivity contribution in [2.45, 2.75) is 17.7 Å². The molecule has 1 amide bonds. The van der Waals surface area contributed by atoms with Gasteiger partial charge in [-0.15, -0.1) is 11.8 Å². The fourth-order valence-corrected chi connectivity index (χ4v) is 3.18. The van der Waals surface area contributed by atoms with E-state index in [9.17, 15) is 22.8 Å². The first-order valence-electron chi connectivity index (χ1n) is 8.62. The van der Waals surface area contributed by atoms with Crippen molar-refractivity contribution >= 4 is 23.6 Å². The number of carbonyl (C=O) groups excluding carboxylic acids is 2. The maximum atomic E-state index is 12.8. The standard InChI is InChI=1S/C20H20F3NO4S/c1-27-10-9-24-18(25)13-29-17-8-3-2-7-16(17)19(26)28-12-14-5-4-6-15(11-14)20(21,22)23/h2-8,11H,9-10,12-13H2,1H3,(H,24,25). The Kier molecular flexibility index (Phi) is 8.53.